The van der Waals surface area contributed by atoms with Crippen molar-refractivity contribution in [2.24, 2.45) is 0 Å². The van der Waals surface area contributed by atoms with Crippen molar-refractivity contribution in [1.82, 2.24) is 15.5 Å². The summed E-state index contributed by atoms with van der Waals surface area (Å²) in [7, 11) is 2.14. The number of unbranched alkanes of at least 4 members (excludes halogenated alkanes) is 1. The SMILES string of the molecule is CCNC(C)CC(=O)NCCCCN(C)C(C)C. The summed E-state index contributed by atoms with van der Waals surface area (Å²) in [5.74, 6) is 0.153. The van der Waals surface area contributed by atoms with Crippen LogP contribution in [0.15, 0.2) is 0 Å². The minimum atomic E-state index is 0.153. The van der Waals surface area contributed by atoms with Crippen molar-refractivity contribution in [3.63, 3.8) is 0 Å². The predicted molar refractivity (Wildman–Crippen MR) is 77.8 cm³/mol. The molecular formula is C14H31N3O. The monoisotopic (exact) mass is 257 g/mol. The Morgan fingerprint density at radius 2 is 1.89 bits per heavy atom. The summed E-state index contributed by atoms with van der Waals surface area (Å²) in [5.41, 5.74) is 0. The van der Waals surface area contributed by atoms with E-state index in [0.717, 1.165) is 32.5 Å². The molecule has 0 aliphatic heterocycles. The summed E-state index contributed by atoms with van der Waals surface area (Å²) in [5, 5.41) is 6.22. The zero-order chi connectivity index (χ0) is 14.0. The van der Waals surface area contributed by atoms with Gasteiger partial charge in [-0.3, -0.25) is 4.79 Å². The van der Waals surface area contributed by atoms with Crippen molar-refractivity contribution in [2.45, 2.75) is 59.0 Å². The van der Waals surface area contributed by atoms with E-state index in [1.807, 2.05) is 6.92 Å². The molecule has 2 N–H and O–H groups in total. The molecule has 0 aromatic carbocycles. The van der Waals surface area contributed by atoms with Crippen LogP contribution < -0.4 is 10.6 Å². The largest absolute Gasteiger partial charge is 0.356 e. The molecule has 0 aliphatic rings. The molecule has 0 fully saturated rings. The lowest BCUT2D eigenvalue weighted by Gasteiger charge is -2.20. The van der Waals surface area contributed by atoms with E-state index in [1.54, 1.807) is 0 Å². The van der Waals surface area contributed by atoms with Crippen molar-refractivity contribution >= 4 is 5.91 Å². The van der Waals surface area contributed by atoms with Crippen molar-refractivity contribution < 1.29 is 4.79 Å². The quantitative estimate of drug-likeness (QED) is 0.584. The Bertz CT molecular complexity index is 219. The summed E-state index contributed by atoms with van der Waals surface area (Å²) in [4.78, 5) is 13.9. The Morgan fingerprint density at radius 3 is 2.44 bits per heavy atom. The van der Waals surface area contributed by atoms with Gasteiger partial charge in [-0.15, -0.1) is 0 Å². The van der Waals surface area contributed by atoms with E-state index in [4.69, 9.17) is 0 Å². The molecule has 1 amide bonds. The minimum absolute atomic E-state index is 0.153. The van der Waals surface area contributed by atoms with Crippen molar-refractivity contribution in [1.29, 1.82) is 0 Å². The maximum Gasteiger partial charge on any atom is 0.221 e. The molecule has 0 aromatic heterocycles. The fourth-order valence-corrected chi connectivity index (χ4v) is 1.74. The Labute approximate surface area is 113 Å². The molecule has 0 saturated carbocycles. The van der Waals surface area contributed by atoms with Gasteiger partial charge in [-0.25, -0.2) is 0 Å². The summed E-state index contributed by atoms with van der Waals surface area (Å²) >= 11 is 0. The molecule has 0 saturated heterocycles. The second-order valence-corrected chi connectivity index (χ2v) is 5.29. The van der Waals surface area contributed by atoms with Crippen molar-refractivity contribution in [3.05, 3.63) is 0 Å². The second kappa shape index (κ2) is 10.3. The first kappa shape index (κ1) is 17.4. The molecule has 0 rings (SSSR count). The number of hydrogen-bond donors (Lipinski definition) is 2. The van der Waals surface area contributed by atoms with Crippen molar-refractivity contribution in [3.8, 4) is 0 Å². The minimum Gasteiger partial charge on any atom is -0.356 e. The van der Waals surface area contributed by atoms with Gasteiger partial charge in [-0.2, -0.15) is 0 Å². The summed E-state index contributed by atoms with van der Waals surface area (Å²) in [6, 6.07) is 0.864. The molecule has 1 atom stereocenters. The van der Waals surface area contributed by atoms with Gasteiger partial charge < -0.3 is 15.5 Å². The summed E-state index contributed by atoms with van der Waals surface area (Å²) in [6.45, 7) is 11.3. The number of rotatable bonds is 10. The van der Waals surface area contributed by atoms with Crippen LogP contribution in [0.4, 0.5) is 0 Å². The van der Waals surface area contributed by atoms with Crippen LogP contribution in [0.2, 0.25) is 0 Å². The molecule has 1 unspecified atom stereocenters. The third-order valence-electron chi connectivity index (χ3n) is 3.19. The predicted octanol–water partition coefficient (Wildman–Crippen LogP) is 1.61. The van der Waals surface area contributed by atoms with E-state index in [-0.39, 0.29) is 11.9 Å². The van der Waals surface area contributed by atoms with Crippen LogP contribution in [-0.4, -0.2) is 49.6 Å². The van der Waals surface area contributed by atoms with Gasteiger partial charge in [-0.1, -0.05) is 6.92 Å². The molecular weight excluding hydrogens is 226 g/mol. The van der Waals surface area contributed by atoms with Gasteiger partial charge in [0.05, 0.1) is 0 Å². The highest BCUT2D eigenvalue weighted by Gasteiger charge is 2.07. The lowest BCUT2D eigenvalue weighted by molar-refractivity contribution is -0.121. The molecule has 0 spiro atoms. The first-order chi connectivity index (χ1) is 8.47. The molecule has 0 aliphatic carbocycles. The Balaban J connectivity index is 3.46. The highest BCUT2D eigenvalue weighted by atomic mass is 16.1. The lowest BCUT2D eigenvalue weighted by atomic mass is 10.2. The van der Waals surface area contributed by atoms with Gasteiger partial charge in [0.15, 0.2) is 0 Å². The van der Waals surface area contributed by atoms with Crippen LogP contribution in [0.1, 0.15) is 47.0 Å². The lowest BCUT2D eigenvalue weighted by Crippen LogP contribution is -2.34. The van der Waals surface area contributed by atoms with E-state index >= 15 is 0 Å². The molecule has 0 bridgehead atoms. The number of amides is 1. The zero-order valence-corrected chi connectivity index (χ0v) is 12.8. The molecule has 108 valence electrons. The fourth-order valence-electron chi connectivity index (χ4n) is 1.74. The van der Waals surface area contributed by atoms with E-state index in [1.165, 1.54) is 0 Å². The third-order valence-corrected chi connectivity index (χ3v) is 3.19. The second-order valence-electron chi connectivity index (χ2n) is 5.29. The topological polar surface area (TPSA) is 44.4 Å². The van der Waals surface area contributed by atoms with Crippen LogP contribution >= 0.6 is 0 Å². The van der Waals surface area contributed by atoms with Gasteiger partial charge in [0.1, 0.15) is 0 Å². The normalized spacial score (nSPS) is 13.1. The van der Waals surface area contributed by atoms with Crippen LogP contribution in [0.25, 0.3) is 0 Å². The maximum absolute atomic E-state index is 11.6. The average molecular weight is 257 g/mol. The number of carbonyl (C=O) groups excluding carboxylic acids is 1. The molecule has 0 aromatic rings. The highest BCUT2D eigenvalue weighted by Crippen LogP contribution is 1.97. The van der Waals surface area contributed by atoms with E-state index in [2.05, 4.69) is 43.4 Å². The summed E-state index contributed by atoms with van der Waals surface area (Å²) < 4.78 is 0. The standard InChI is InChI=1S/C14H31N3O/c1-6-15-13(4)11-14(18)16-9-7-8-10-17(5)12(2)3/h12-13,15H,6-11H2,1-5H3,(H,16,18). The number of nitrogens with one attached hydrogen (secondary N) is 2. The summed E-state index contributed by atoms with van der Waals surface area (Å²) in [6.07, 6.45) is 2.76. The highest BCUT2D eigenvalue weighted by molar-refractivity contribution is 5.76. The van der Waals surface area contributed by atoms with Crippen LogP contribution in [0.5, 0.6) is 0 Å². The molecule has 0 radical (unpaired) electrons. The number of nitrogens with zero attached hydrogens (tertiary/aromatic N) is 1. The first-order valence-corrected chi connectivity index (χ1v) is 7.17. The smallest absolute Gasteiger partial charge is 0.221 e. The van der Waals surface area contributed by atoms with Crippen LogP contribution in [0.3, 0.4) is 0 Å². The zero-order valence-electron chi connectivity index (χ0n) is 12.8. The number of hydrogen-bond acceptors (Lipinski definition) is 3. The fraction of sp³-hybridized carbons (Fsp3) is 0.929. The van der Waals surface area contributed by atoms with Gasteiger partial charge in [0.2, 0.25) is 5.91 Å². The Hall–Kier alpha value is -0.610. The maximum atomic E-state index is 11.6. The van der Waals surface area contributed by atoms with E-state index in [0.29, 0.717) is 12.5 Å². The third kappa shape index (κ3) is 9.42. The Morgan fingerprint density at radius 1 is 1.22 bits per heavy atom. The van der Waals surface area contributed by atoms with Crippen LogP contribution in [-0.2, 0) is 4.79 Å². The molecule has 4 heteroatoms. The molecule has 0 heterocycles. The first-order valence-electron chi connectivity index (χ1n) is 7.17. The van der Waals surface area contributed by atoms with Crippen LogP contribution in [0, 0.1) is 0 Å². The van der Waals surface area contributed by atoms with Gasteiger partial charge in [-0.05, 0) is 53.8 Å². The number of carbonyl (C=O) groups is 1. The van der Waals surface area contributed by atoms with E-state index in [9.17, 15) is 4.79 Å². The average Bonchev–Trinajstić information content (AvgIpc) is 2.28. The molecule has 4 nitrogen and oxygen atoms in total. The van der Waals surface area contributed by atoms with Gasteiger partial charge in [0, 0.05) is 25.0 Å². The Kier molecular flexibility index (Phi) is 9.98. The molecule has 18 heavy (non-hydrogen) atoms. The van der Waals surface area contributed by atoms with E-state index < -0.39 is 0 Å². The van der Waals surface area contributed by atoms with Crippen molar-refractivity contribution in [2.75, 3.05) is 26.7 Å². The van der Waals surface area contributed by atoms with Gasteiger partial charge >= 0.3 is 0 Å². The van der Waals surface area contributed by atoms with Gasteiger partial charge in [0.25, 0.3) is 0 Å².